The topological polar surface area (TPSA) is 35.9 Å². The van der Waals surface area contributed by atoms with Gasteiger partial charge in [-0.15, -0.1) is 0 Å². The SMILES string of the molecule is CN(CC(O)CN1CCOCC1)C1CCc2ccccc2C1. The largest absolute Gasteiger partial charge is 0.390 e. The zero-order valence-corrected chi connectivity index (χ0v) is 13.6. The number of nitrogens with zero attached hydrogens (tertiary/aromatic N) is 2. The molecule has 22 heavy (non-hydrogen) atoms. The monoisotopic (exact) mass is 304 g/mol. The Labute approximate surface area is 133 Å². The van der Waals surface area contributed by atoms with Gasteiger partial charge in [0.25, 0.3) is 0 Å². The third-order valence-electron chi connectivity index (χ3n) is 5.02. The van der Waals surface area contributed by atoms with Crippen molar-refractivity contribution in [3.8, 4) is 0 Å². The van der Waals surface area contributed by atoms with Crippen LogP contribution in [0.4, 0.5) is 0 Å². The van der Waals surface area contributed by atoms with Crippen molar-refractivity contribution in [1.29, 1.82) is 0 Å². The fourth-order valence-corrected chi connectivity index (χ4v) is 3.68. The molecule has 1 saturated heterocycles. The Hall–Kier alpha value is -0.940. The highest BCUT2D eigenvalue weighted by Gasteiger charge is 2.24. The smallest absolute Gasteiger partial charge is 0.0793 e. The average molecular weight is 304 g/mol. The summed E-state index contributed by atoms with van der Waals surface area (Å²) in [7, 11) is 2.15. The number of rotatable bonds is 5. The first-order valence-electron chi connectivity index (χ1n) is 8.47. The molecule has 0 radical (unpaired) electrons. The molecule has 122 valence electrons. The molecule has 1 N–H and O–H groups in total. The maximum absolute atomic E-state index is 10.4. The summed E-state index contributed by atoms with van der Waals surface area (Å²) in [6, 6.07) is 9.32. The zero-order chi connectivity index (χ0) is 15.4. The van der Waals surface area contributed by atoms with Gasteiger partial charge < -0.3 is 14.7 Å². The predicted molar refractivity (Wildman–Crippen MR) is 88.2 cm³/mol. The molecule has 1 aliphatic heterocycles. The van der Waals surface area contributed by atoms with Gasteiger partial charge in [-0.3, -0.25) is 4.90 Å². The van der Waals surface area contributed by atoms with Crippen molar-refractivity contribution in [3.05, 3.63) is 35.4 Å². The highest BCUT2D eigenvalue weighted by Crippen LogP contribution is 2.23. The Morgan fingerprint density at radius 2 is 2.00 bits per heavy atom. The summed E-state index contributed by atoms with van der Waals surface area (Å²) < 4.78 is 5.36. The number of hydrogen-bond donors (Lipinski definition) is 1. The number of benzene rings is 1. The van der Waals surface area contributed by atoms with E-state index in [2.05, 4.69) is 41.1 Å². The van der Waals surface area contributed by atoms with Gasteiger partial charge >= 0.3 is 0 Å². The number of likely N-dealkylation sites (N-methyl/N-ethyl adjacent to an activating group) is 1. The number of aryl methyl sites for hydroxylation is 1. The lowest BCUT2D eigenvalue weighted by molar-refractivity contribution is 0.00530. The van der Waals surface area contributed by atoms with Crippen molar-refractivity contribution >= 4 is 0 Å². The third kappa shape index (κ3) is 4.07. The Morgan fingerprint density at radius 3 is 2.77 bits per heavy atom. The van der Waals surface area contributed by atoms with Crippen LogP contribution in [0.5, 0.6) is 0 Å². The molecule has 2 atom stereocenters. The molecule has 4 heteroatoms. The minimum Gasteiger partial charge on any atom is -0.390 e. The van der Waals surface area contributed by atoms with Crippen LogP contribution >= 0.6 is 0 Å². The van der Waals surface area contributed by atoms with Crippen molar-refractivity contribution in [2.45, 2.75) is 31.4 Å². The summed E-state index contributed by atoms with van der Waals surface area (Å²) in [5.41, 5.74) is 2.98. The first-order valence-corrected chi connectivity index (χ1v) is 8.47. The van der Waals surface area contributed by atoms with Crippen LogP contribution in [0.15, 0.2) is 24.3 Å². The van der Waals surface area contributed by atoms with E-state index in [1.165, 1.54) is 17.5 Å². The van der Waals surface area contributed by atoms with Crippen LogP contribution in [0.3, 0.4) is 0 Å². The van der Waals surface area contributed by atoms with Gasteiger partial charge in [0, 0.05) is 32.2 Å². The number of aliphatic hydroxyl groups is 1. The molecule has 0 amide bonds. The molecule has 0 saturated carbocycles. The second kappa shape index (κ2) is 7.55. The maximum Gasteiger partial charge on any atom is 0.0793 e. The van der Waals surface area contributed by atoms with E-state index < -0.39 is 0 Å². The normalized spacial score (nSPS) is 24.2. The van der Waals surface area contributed by atoms with Crippen LogP contribution in [0.1, 0.15) is 17.5 Å². The quantitative estimate of drug-likeness (QED) is 0.886. The Kier molecular flexibility index (Phi) is 5.47. The molecule has 1 aromatic carbocycles. The summed E-state index contributed by atoms with van der Waals surface area (Å²) in [4.78, 5) is 4.65. The van der Waals surface area contributed by atoms with E-state index in [1.54, 1.807) is 0 Å². The molecule has 1 aromatic rings. The second-order valence-corrected chi connectivity index (χ2v) is 6.67. The number of hydrogen-bond acceptors (Lipinski definition) is 4. The van der Waals surface area contributed by atoms with Gasteiger partial charge in [-0.1, -0.05) is 24.3 Å². The second-order valence-electron chi connectivity index (χ2n) is 6.67. The summed E-state index contributed by atoms with van der Waals surface area (Å²) in [6.45, 7) is 4.99. The molecule has 1 fully saturated rings. The van der Waals surface area contributed by atoms with E-state index in [9.17, 15) is 5.11 Å². The summed E-state index contributed by atoms with van der Waals surface area (Å²) in [5, 5.41) is 10.4. The molecule has 1 heterocycles. The van der Waals surface area contributed by atoms with Gasteiger partial charge in [0.2, 0.25) is 0 Å². The Balaban J connectivity index is 1.48. The first-order chi connectivity index (χ1) is 10.7. The van der Waals surface area contributed by atoms with Crippen molar-refractivity contribution in [3.63, 3.8) is 0 Å². The van der Waals surface area contributed by atoms with E-state index >= 15 is 0 Å². The van der Waals surface area contributed by atoms with Gasteiger partial charge in [-0.25, -0.2) is 0 Å². The number of morpholine rings is 1. The fourth-order valence-electron chi connectivity index (χ4n) is 3.68. The number of fused-ring (bicyclic) bond motifs is 1. The van der Waals surface area contributed by atoms with Crippen LogP contribution in [0.2, 0.25) is 0 Å². The van der Waals surface area contributed by atoms with Crippen molar-refractivity contribution in [2.24, 2.45) is 0 Å². The van der Waals surface area contributed by atoms with E-state index in [1.807, 2.05) is 0 Å². The number of aliphatic hydroxyl groups excluding tert-OH is 1. The van der Waals surface area contributed by atoms with E-state index in [0.717, 1.165) is 52.2 Å². The molecular formula is C18H28N2O2. The standard InChI is InChI=1S/C18H28N2O2/c1-19(13-18(21)14-20-8-10-22-11-9-20)17-7-6-15-4-2-3-5-16(15)12-17/h2-5,17-18,21H,6-14H2,1H3. The molecule has 4 nitrogen and oxygen atoms in total. The Morgan fingerprint density at radius 1 is 1.27 bits per heavy atom. The van der Waals surface area contributed by atoms with Gasteiger partial charge in [0.05, 0.1) is 19.3 Å². The van der Waals surface area contributed by atoms with E-state index in [4.69, 9.17) is 4.74 Å². The predicted octanol–water partition coefficient (Wildman–Crippen LogP) is 1.17. The van der Waals surface area contributed by atoms with Crippen molar-refractivity contribution < 1.29 is 9.84 Å². The van der Waals surface area contributed by atoms with Crippen LogP contribution in [-0.4, -0.2) is 73.5 Å². The van der Waals surface area contributed by atoms with E-state index in [0.29, 0.717) is 6.04 Å². The minimum atomic E-state index is -0.278. The Bertz CT molecular complexity index is 474. The van der Waals surface area contributed by atoms with Gasteiger partial charge in [0.1, 0.15) is 0 Å². The first kappa shape index (κ1) is 15.9. The molecule has 2 aliphatic rings. The van der Waals surface area contributed by atoms with Crippen LogP contribution in [0.25, 0.3) is 0 Å². The lowest BCUT2D eigenvalue weighted by atomic mass is 9.87. The molecule has 0 aromatic heterocycles. The van der Waals surface area contributed by atoms with Gasteiger partial charge in [-0.2, -0.15) is 0 Å². The molecular weight excluding hydrogens is 276 g/mol. The minimum absolute atomic E-state index is 0.278. The molecule has 2 unspecified atom stereocenters. The maximum atomic E-state index is 10.4. The lowest BCUT2D eigenvalue weighted by Crippen LogP contribution is -2.46. The van der Waals surface area contributed by atoms with Gasteiger partial charge in [-0.05, 0) is 37.4 Å². The highest BCUT2D eigenvalue weighted by atomic mass is 16.5. The molecule has 1 aliphatic carbocycles. The highest BCUT2D eigenvalue weighted by molar-refractivity contribution is 5.30. The number of β-amino-alcohol motifs (C(OH)–C–C–N with tert-alkyl or cyclic N) is 1. The third-order valence-corrected chi connectivity index (χ3v) is 5.02. The molecule has 3 rings (SSSR count). The van der Waals surface area contributed by atoms with Crippen LogP contribution in [0, 0.1) is 0 Å². The van der Waals surface area contributed by atoms with Gasteiger partial charge in [0.15, 0.2) is 0 Å². The van der Waals surface area contributed by atoms with E-state index in [-0.39, 0.29) is 6.10 Å². The summed E-state index contributed by atoms with van der Waals surface area (Å²) in [5.74, 6) is 0. The summed E-state index contributed by atoms with van der Waals surface area (Å²) >= 11 is 0. The van der Waals surface area contributed by atoms with Crippen LogP contribution in [-0.2, 0) is 17.6 Å². The fraction of sp³-hybridized carbons (Fsp3) is 0.667. The zero-order valence-electron chi connectivity index (χ0n) is 13.6. The lowest BCUT2D eigenvalue weighted by Gasteiger charge is -2.35. The summed E-state index contributed by atoms with van der Waals surface area (Å²) in [6.07, 6.45) is 3.18. The number of ether oxygens (including phenoxy) is 1. The van der Waals surface area contributed by atoms with Crippen molar-refractivity contribution in [2.75, 3.05) is 46.4 Å². The average Bonchev–Trinajstić information content (AvgIpc) is 2.55. The molecule has 0 spiro atoms. The molecule has 0 bridgehead atoms. The van der Waals surface area contributed by atoms with Crippen molar-refractivity contribution in [1.82, 2.24) is 9.80 Å². The van der Waals surface area contributed by atoms with Crippen LogP contribution < -0.4 is 0 Å².